The summed E-state index contributed by atoms with van der Waals surface area (Å²) in [6.07, 6.45) is 4.50. The van der Waals surface area contributed by atoms with E-state index in [-0.39, 0.29) is 12.1 Å². The highest BCUT2D eigenvalue weighted by atomic mass is 16.5. The molecule has 3 aromatic rings. The van der Waals surface area contributed by atoms with Crippen molar-refractivity contribution in [2.45, 2.75) is 44.8 Å². The molecular formula is C19H22N4O4. The van der Waals surface area contributed by atoms with Gasteiger partial charge in [-0.2, -0.15) is 0 Å². The molecule has 1 amide bonds. The summed E-state index contributed by atoms with van der Waals surface area (Å²) < 4.78 is 12.5. The lowest BCUT2D eigenvalue weighted by molar-refractivity contribution is 0.0591. The third-order valence-corrected chi connectivity index (χ3v) is 5.31. The van der Waals surface area contributed by atoms with E-state index in [4.69, 9.17) is 9.26 Å². The van der Waals surface area contributed by atoms with Crippen LogP contribution in [0.3, 0.4) is 0 Å². The predicted octanol–water partition coefficient (Wildman–Crippen LogP) is 4.22. The molecule has 1 aliphatic carbocycles. The van der Waals surface area contributed by atoms with E-state index in [0.717, 1.165) is 53.5 Å². The number of carbonyl (C=O) groups is 1. The van der Waals surface area contributed by atoms with Crippen molar-refractivity contribution in [1.29, 1.82) is 0 Å². The summed E-state index contributed by atoms with van der Waals surface area (Å²) in [7, 11) is 1.74. The Hall–Kier alpha value is -2.87. The zero-order chi connectivity index (χ0) is 19.0. The molecule has 142 valence electrons. The Balaban J connectivity index is 1.76. The molecule has 0 atom stereocenters. The number of hydrogen-bond donors (Lipinski definition) is 2. The number of rotatable bonds is 4. The Kier molecular flexibility index (Phi) is 4.57. The van der Waals surface area contributed by atoms with Gasteiger partial charge in [-0.15, -0.1) is 0 Å². The highest BCUT2D eigenvalue weighted by Gasteiger charge is 2.26. The summed E-state index contributed by atoms with van der Waals surface area (Å²) in [5.41, 5.74) is 4.30. The van der Waals surface area contributed by atoms with Gasteiger partial charge in [0.05, 0.1) is 22.8 Å². The maximum Gasteiger partial charge on any atom is 0.411 e. The van der Waals surface area contributed by atoms with Crippen molar-refractivity contribution in [2.24, 2.45) is 0 Å². The average molecular weight is 370 g/mol. The highest BCUT2D eigenvalue weighted by Crippen LogP contribution is 2.36. The molecule has 2 N–H and O–H groups in total. The molecular weight excluding hydrogens is 348 g/mol. The van der Waals surface area contributed by atoms with Gasteiger partial charge in [0, 0.05) is 18.7 Å². The van der Waals surface area contributed by atoms with Crippen LogP contribution in [0.1, 0.15) is 37.4 Å². The highest BCUT2D eigenvalue weighted by molar-refractivity contribution is 5.88. The summed E-state index contributed by atoms with van der Waals surface area (Å²) in [6, 6.07) is 6.11. The van der Waals surface area contributed by atoms with Crippen molar-refractivity contribution in [1.82, 2.24) is 14.7 Å². The molecule has 1 aromatic carbocycles. The van der Waals surface area contributed by atoms with E-state index in [2.05, 4.69) is 15.5 Å². The third-order valence-electron chi connectivity index (χ3n) is 5.31. The molecule has 4 rings (SSSR count). The molecule has 1 aliphatic rings. The fourth-order valence-corrected chi connectivity index (χ4v) is 3.93. The van der Waals surface area contributed by atoms with Crippen LogP contribution in [-0.2, 0) is 4.74 Å². The number of carboxylic acid groups (broad SMARTS) is 1. The molecule has 0 aliphatic heterocycles. The van der Waals surface area contributed by atoms with Crippen molar-refractivity contribution in [3.8, 4) is 11.1 Å². The average Bonchev–Trinajstić information content (AvgIpc) is 3.23. The second-order valence-corrected chi connectivity index (χ2v) is 6.92. The normalized spacial score (nSPS) is 20.1. The Bertz CT molecular complexity index is 969. The number of hydrogen-bond acceptors (Lipinski definition) is 5. The van der Waals surface area contributed by atoms with Crippen LogP contribution in [-0.4, -0.2) is 39.1 Å². The van der Waals surface area contributed by atoms with Gasteiger partial charge in [-0.3, -0.25) is 5.32 Å². The number of nitrogens with one attached hydrogen (secondary N) is 1. The first-order valence-corrected chi connectivity index (χ1v) is 9.03. The van der Waals surface area contributed by atoms with Crippen molar-refractivity contribution in [3.05, 3.63) is 30.2 Å². The summed E-state index contributed by atoms with van der Waals surface area (Å²) in [5.74, 6) is 0.359. The minimum absolute atomic E-state index is 0.187. The number of fused-ring (bicyclic) bond motifs is 1. The lowest BCUT2D eigenvalue weighted by atomic mass is 9.92. The minimum atomic E-state index is -1.12. The van der Waals surface area contributed by atoms with Crippen molar-refractivity contribution in [3.63, 3.8) is 0 Å². The van der Waals surface area contributed by atoms with E-state index in [1.165, 1.54) is 0 Å². The largest absolute Gasteiger partial charge is 0.465 e. The van der Waals surface area contributed by atoms with Crippen molar-refractivity contribution in [2.75, 3.05) is 12.4 Å². The van der Waals surface area contributed by atoms with Crippen LogP contribution >= 0.6 is 0 Å². The van der Waals surface area contributed by atoms with Gasteiger partial charge < -0.3 is 18.9 Å². The molecule has 2 aromatic heterocycles. The Labute approximate surface area is 156 Å². The smallest absolute Gasteiger partial charge is 0.411 e. The molecule has 0 radical (unpaired) electrons. The number of aryl methyl sites for hydroxylation is 1. The minimum Gasteiger partial charge on any atom is -0.465 e. The quantitative estimate of drug-likeness (QED) is 0.713. The molecule has 8 heteroatoms. The predicted molar refractivity (Wildman–Crippen MR) is 99.9 cm³/mol. The molecule has 0 unspecified atom stereocenters. The molecule has 1 saturated carbocycles. The Morgan fingerprint density at radius 2 is 2.11 bits per heavy atom. The summed E-state index contributed by atoms with van der Waals surface area (Å²) in [5, 5.41) is 15.6. The molecule has 1 fully saturated rings. The zero-order valence-corrected chi connectivity index (χ0v) is 15.3. The van der Waals surface area contributed by atoms with E-state index in [0.29, 0.717) is 5.95 Å². The van der Waals surface area contributed by atoms with Gasteiger partial charge in [0.25, 0.3) is 0 Å². The SMILES string of the molecule is CO[C@H]1CC[C@H](n2c(NC(=O)O)nc3cc(-c4conc4C)ccc32)CC1. The van der Waals surface area contributed by atoms with Crippen LogP contribution in [0.15, 0.2) is 29.0 Å². The van der Waals surface area contributed by atoms with Gasteiger partial charge in [-0.05, 0) is 50.3 Å². The maximum atomic E-state index is 11.3. The topological polar surface area (TPSA) is 102 Å². The van der Waals surface area contributed by atoms with Crippen LogP contribution in [0.25, 0.3) is 22.2 Å². The van der Waals surface area contributed by atoms with E-state index in [9.17, 15) is 9.90 Å². The zero-order valence-electron chi connectivity index (χ0n) is 15.3. The second-order valence-electron chi connectivity index (χ2n) is 6.92. The number of amides is 1. The number of methoxy groups -OCH3 is 1. The summed E-state index contributed by atoms with van der Waals surface area (Å²) >= 11 is 0. The van der Waals surface area contributed by atoms with E-state index in [1.54, 1.807) is 13.4 Å². The van der Waals surface area contributed by atoms with Gasteiger partial charge in [0.2, 0.25) is 5.95 Å². The van der Waals surface area contributed by atoms with E-state index < -0.39 is 6.09 Å². The molecule has 8 nitrogen and oxygen atoms in total. The van der Waals surface area contributed by atoms with Crippen molar-refractivity contribution < 1.29 is 19.2 Å². The van der Waals surface area contributed by atoms with Crippen LogP contribution < -0.4 is 5.32 Å². The second kappa shape index (κ2) is 7.03. The van der Waals surface area contributed by atoms with Crippen LogP contribution in [0, 0.1) is 6.92 Å². The molecule has 0 saturated heterocycles. The molecule has 0 spiro atoms. The number of aromatic nitrogens is 3. The molecule has 0 bridgehead atoms. The van der Waals surface area contributed by atoms with E-state index >= 15 is 0 Å². The lowest BCUT2D eigenvalue weighted by Gasteiger charge is -2.29. The van der Waals surface area contributed by atoms with Crippen LogP contribution in [0.4, 0.5) is 10.7 Å². The van der Waals surface area contributed by atoms with Gasteiger partial charge in [-0.1, -0.05) is 11.2 Å². The number of ether oxygens (including phenoxy) is 1. The fraction of sp³-hybridized carbons (Fsp3) is 0.421. The van der Waals surface area contributed by atoms with Gasteiger partial charge >= 0.3 is 6.09 Å². The van der Waals surface area contributed by atoms with Gasteiger partial charge in [0.1, 0.15) is 6.26 Å². The first-order chi connectivity index (χ1) is 13.1. The Morgan fingerprint density at radius 3 is 2.74 bits per heavy atom. The molecule has 2 heterocycles. The lowest BCUT2D eigenvalue weighted by Crippen LogP contribution is -2.24. The van der Waals surface area contributed by atoms with Crippen LogP contribution in [0.5, 0.6) is 0 Å². The number of benzene rings is 1. The third kappa shape index (κ3) is 3.28. The summed E-state index contributed by atoms with van der Waals surface area (Å²) in [4.78, 5) is 15.8. The van der Waals surface area contributed by atoms with E-state index in [1.807, 2.05) is 29.7 Å². The standard InChI is InChI=1S/C19H22N4O4/c1-11-15(10-27-22-11)12-3-8-17-16(9-12)20-18(21-19(24)25)23(17)13-4-6-14(26-2)7-5-13/h3,8-10,13-14H,4-7H2,1-2H3,(H,20,21)(H,24,25)/t13-,14-. The number of nitrogens with zero attached hydrogens (tertiary/aromatic N) is 3. The summed E-state index contributed by atoms with van der Waals surface area (Å²) in [6.45, 7) is 1.88. The monoisotopic (exact) mass is 370 g/mol. The Morgan fingerprint density at radius 1 is 1.33 bits per heavy atom. The molecule has 27 heavy (non-hydrogen) atoms. The number of imidazole rings is 1. The van der Waals surface area contributed by atoms with Gasteiger partial charge in [0.15, 0.2) is 0 Å². The first-order valence-electron chi connectivity index (χ1n) is 9.03. The van der Waals surface area contributed by atoms with Crippen molar-refractivity contribution >= 4 is 23.1 Å². The first kappa shape index (κ1) is 17.5. The number of anilines is 1. The maximum absolute atomic E-state index is 11.3. The fourth-order valence-electron chi connectivity index (χ4n) is 3.93. The van der Waals surface area contributed by atoms with Crippen LogP contribution in [0.2, 0.25) is 0 Å². The van der Waals surface area contributed by atoms with Gasteiger partial charge in [-0.25, -0.2) is 9.78 Å².